The molecule has 0 bridgehead atoms. The van der Waals surface area contributed by atoms with Gasteiger partial charge >= 0.3 is 5.97 Å². The summed E-state index contributed by atoms with van der Waals surface area (Å²) in [5.41, 5.74) is 0. The van der Waals surface area contributed by atoms with Gasteiger partial charge in [0, 0.05) is 25.8 Å². The van der Waals surface area contributed by atoms with Crippen LogP contribution in [0.15, 0.2) is 0 Å². The third-order valence-electron chi connectivity index (χ3n) is 1.68. The van der Waals surface area contributed by atoms with Gasteiger partial charge in [0.1, 0.15) is 0 Å². The van der Waals surface area contributed by atoms with Crippen LogP contribution in [0, 0.1) is 5.92 Å². The van der Waals surface area contributed by atoms with Gasteiger partial charge in [-0.25, -0.2) is 0 Å². The molecule has 1 amide bonds. The second-order valence-electron chi connectivity index (χ2n) is 3.22. The Hall–Kier alpha value is -0.710. The lowest BCUT2D eigenvalue weighted by atomic mass is 10.2. The fourth-order valence-corrected chi connectivity index (χ4v) is 1.79. The van der Waals surface area contributed by atoms with Crippen molar-refractivity contribution in [2.24, 2.45) is 5.92 Å². The van der Waals surface area contributed by atoms with Crippen molar-refractivity contribution in [2.75, 3.05) is 32.7 Å². The number of carbonyl (C=O) groups is 2. The molecular formula is C9H17NO3S. The summed E-state index contributed by atoms with van der Waals surface area (Å²) >= 11 is 1.42. The van der Waals surface area contributed by atoms with Gasteiger partial charge in [-0.15, -0.1) is 11.8 Å². The van der Waals surface area contributed by atoms with Gasteiger partial charge in [-0.05, 0) is 0 Å². The molecule has 0 heterocycles. The summed E-state index contributed by atoms with van der Waals surface area (Å²) in [5.74, 6) is 0.731. The van der Waals surface area contributed by atoms with Crippen molar-refractivity contribution in [3.63, 3.8) is 0 Å². The Bertz CT molecular complexity index is 206. The Kier molecular flexibility index (Phi) is 6.36. The second-order valence-corrected chi connectivity index (χ2v) is 4.26. The van der Waals surface area contributed by atoms with E-state index in [-0.39, 0.29) is 17.8 Å². The summed E-state index contributed by atoms with van der Waals surface area (Å²) < 4.78 is 4.48. The summed E-state index contributed by atoms with van der Waals surface area (Å²) in [6.07, 6.45) is 0. The van der Waals surface area contributed by atoms with E-state index in [0.717, 1.165) is 0 Å². The lowest BCUT2D eigenvalue weighted by molar-refractivity contribution is -0.137. The topological polar surface area (TPSA) is 46.6 Å². The molecular weight excluding hydrogens is 202 g/mol. The average molecular weight is 219 g/mol. The van der Waals surface area contributed by atoms with Gasteiger partial charge in [0.15, 0.2) is 0 Å². The van der Waals surface area contributed by atoms with Gasteiger partial charge in [0.05, 0.1) is 12.9 Å². The third-order valence-corrected chi connectivity index (χ3v) is 2.85. The van der Waals surface area contributed by atoms with Crippen LogP contribution in [0.2, 0.25) is 0 Å². The number of hydrogen-bond donors (Lipinski definition) is 0. The molecule has 0 spiro atoms. The fourth-order valence-electron chi connectivity index (χ4n) is 0.890. The molecule has 0 aromatic rings. The molecule has 1 atom stereocenters. The van der Waals surface area contributed by atoms with E-state index in [2.05, 4.69) is 4.74 Å². The number of methoxy groups -OCH3 is 1. The molecule has 0 radical (unpaired) electrons. The van der Waals surface area contributed by atoms with Gasteiger partial charge in [-0.2, -0.15) is 0 Å². The molecule has 0 aliphatic rings. The van der Waals surface area contributed by atoms with E-state index < -0.39 is 0 Å². The predicted octanol–water partition coefficient (Wildman–Crippen LogP) is 0.617. The van der Waals surface area contributed by atoms with E-state index in [1.54, 1.807) is 19.0 Å². The first kappa shape index (κ1) is 13.3. The highest BCUT2D eigenvalue weighted by atomic mass is 32.2. The van der Waals surface area contributed by atoms with E-state index in [0.29, 0.717) is 11.5 Å². The van der Waals surface area contributed by atoms with Gasteiger partial charge in [-0.3, -0.25) is 9.59 Å². The summed E-state index contributed by atoms with van der Waals surface area (Å²) in [7, 11) is 4.81. The summed E-state index contributed by atoms with van der Waals surface area (Å²) in [6, 6.07) is 0. The maximum atomic E-state index is 11.4. The molecule has 0 N–H and O–H groups in total. The molecule has 5 heteroatoms. The molecule has 0 aliphatic heterocycles. The molecule has 0 aromatic carbocycles. The van der Waals surface area contributed by atoms with E-state index in [9.17, 15) is 9.59 Å². The first-order valence-electron chi connectivity index (χ1n) is 4.34. The van der Waals surface area contributed by atoms with Crippen molar-refractivity contribution in [3.8, 4) is 0 Å². The highest BCUT2D eigenvalue weighted by molar-refractivity contribution is 7.99. The number of ether oxygens (including phenoxy) is 1. The first-order chi connectivity index (χ1) is 6.49. The van der Waals surface area contributed by atoms with Crippen LogP contribution in [0.5, 0.6) is 0 Å². The molecule has 14 heavy (non-hydrogen) atoms. The molecule has 0 aliphatic carbocycles. The largest absolute Gasteiger partial charge is 0.468 e. The van der Waals surface area contributed by atoms with Crippen molar-refractivity contribution in [1.29, 1.82) is 0 Å². The molecule has 0 unspecified atom stereocenters. The van der Waals surface area contributed by atoms with Crippen LogP contribution in [0.4, 0.5) is 0 Å². The minimum atomic E-state index is -0.250. The van der Waals surface area contributed by atoms with Crippen LogP contribution in [0.3, 0.4) is 0 Å². The summed E-state index contributed by atoms with van der Waals surface area (Å²) in [6.45, 7) is 1.85. The van der Waals surface area contributed by atoms with Gasteiger partial charge in [0.25, 0.3) is 0 Å². The number of amides is 1. The Balaban J connectivity index is 3.69. The highest BCUT2D eigenvalue weighted by Gasteiger charge is 2.15. The highest BCUT2D eigenvalue weighted by Crippen LogP contribution is 2.10. The quantitative estimate of drug-likeness (QED) is 0.636. The van der Waals surface area contributed by atoms with Crippen LogP contribution in [0.1, 0.15) is 6.92 Å². The summed E-state index contributed by atoms with van der Waals surface area (Å²) in [5, 5.41) is 0. The smallest absolute Gasteiger partial charge is 0.315 e. The second kappa shape index (κ2) is 6.70. The molecule has 0 rings (SSSR count). The normalized spacial score (nSPS) is 12.0. The number of thioether (sulfide) groups is 1. The molecule has 4 nitrogen and oxygen atoms in total. The van der Waals surface area contributed by atoms with Crippen LogP contribution >= 0.6 is 11.8 Å². The van der Waals surface area contributed by atoms with E-state index in [1.807, 2.05) is 6.92 Å². The Morgan fingerprint density at radius 2 is 2.00 bits per heavy atom. The van der Waals surface area contributed by atoms with Crippen LogP contribution in [-0.2, 0) is 14.3 Å². The lowest BCUT2D eigenvalue weighted by Gasteiger charge is -2.15. The van der Waals surface area contributed by atoms with E-state index >= 15 is 0 Å². The Morgan fingerprint density at radius 3 is 2.43 bits per heavy atom. The zero-order valence-electron chi connectivity index (χ0n) is 9.07. The van der Waals surface area contributed by atoms with Crippen molar-refractivity contribution in [3.05, 3.63) is 0 Å². The third kappa shape index (κ3) is 5.11. The number of carbonyl (C=O) groups excluding carboxylic acids is 2. The van der Waals surface area contributed by atoms with Crippen LogP contribution in [0.25, 0.3) is 0 Å². The molecule has 82 valence electrons. The first-order valence-corrected chi connectivity index (χ1v) is 5.50. The zero-order valence-corrected chi connectivity index (χ0v) is 9.89. The maximum Gasteiger partial charge on any atom is 0.315 e. The fraction of sp³-hybridized carbons (Fsp3) is 0.778. The Morgan fingerprint density at radius 1 is 1.43 bits per heavy atom. The van der Waals surface area contributed by atoms with E-state index in [1.165, 1.54) is 18.9 Å². The monoisotopic (exact) mass is 219 g/mol. The SMILES string of the molecule is COC(=O)CSC[C@@H](C)C(=O)N(C)C. The number of hydrogen-bond acceptors (Lipinski definition) is 4. The summed E-state index contributed by atoms with van der Waals surface area (Å²) in [4.78, 5) is 23.7. The standard InChI is InChI=1S/C9H17NO3S/c1-7(9(12)10(2)3)5-14-6-8(11)13-4/h7H,5-6H2,1-4H3/t7-/m1/s1. The van der Waals surface area contributed by atoms with Crippen LogP contribution in [-0.4, -0.2) is 49.5 Å². The minimum absolute atomic E-state index is 0.0559. The number of esters is 1. The molecule has 0 saturated heterocycles. The van der Waals surface area contributed by atoms with Crippen LogP contribution < -0.4 is 0 Å². The van der Waals surface area contributed by atoms with Gasteiger partial charge in [-0.1, -0.05) is 6.92 Å². The van der Waals surface area contributed by atoms with E-state index in [4.69, 9.17) is 0 Å². The average Bonchev–Trinajstić information content (AvgIpc) is 2.15. The van der Waals surface area contributed by atoms with Gasteiger partial charge < -0.3 is 9.64 Å². The Labute approximate surface area is 89.0 Å². The predicted molar refractivity (Wildman–Crippen MR) is 57.2 cm³/mol. The number of nitrogens with zero attached hydrogens (tertiary/aromatic N) is 1. The van der Waals surface area contributed by atoms with Crippen molar-refractivity contribution in [2.45, 2.75) is 6.92 Å². The maximum absolute atomic E-state index is 11.4. The lowest BCUT2D eigenvalue weighted by Crippen LogP contribution is -2.29. The van der Waals surface area contributed by atoms with Crippen molar-refractivity contribution < 1.29 is 14.3 Å². The van der Waals surface area contributed by atoms with Crippen molar-refractivity contribution >= 4 is 23.6 Å². The number of rotatable bonds is 5. The van der Waals surface area contributed by atoms with Gasteiger partial charge in [0.2, 0.25) is 5.91 Å². The van der Waals surface area contributed by atoms with Crippen molar-refractivity contribution in [1.82, 2.24) is 4.90 Å². The molecule has 0 aromatic heterocycles. The minimum Gasteiger partial charge on any atom is -0.468 e. The molecule has 0 fully saturated rings. The zero-order chi connectivity index (χ0) is 11.1. The molecule has 0 saturated carbocycles.